The third kappa shape index (κ3) is 14.0. The third-order valence-corrected chi connectivity index (χ3v) is 10.8. The Balaban J connectivity index is 0.000000985. The molecule has 0 spiro atoms. The number of ether oxygens (including phenoxy) is 1. The fourth-order valence-corrected chi connectivity index (χ4v) is 7.36. The number of halogens is 3. The predicted octanol–water partition coefficient (Wildman–Crippen LogP) is 4.71. The zero-order chi connectivity index (χ0) is 46.0. The number of nitrogens with one attached hydrogen (secondary N) is 6. The Labute approximate surface area is 361 Å². The minimum atomic E-state index is -5.08. The number of aromatic amines is 1. The minimum Gasteiger partial charge on any atom is -0.475 e. The number of carbonyl (C=O) groups is 5. The molecular formula is C42H53F3N10O8. The van der Waals surface area contributed by atoms with Gasteiger partial charge in [0.15, 0.2) is 0 Å². The van der Waals surface area contributed by atoms with E-state index < -0.39 is 41.4 Å². The van der Waals surface area contributed by atoms with Crippen molar-refractivity contribution in [3.05, 3.63) is 83.7 Å². The van der Waals surface area contributed by atoms with Crippen LogP contribution in [-0.2, 0) is 31.0 Å². The molecule has 2 fully saturated rings. The number of aliphatic carboxylic acids is 1. The number of alkyl carbamates (subject to hydrolysis) is 1. The molecule has 0 bridgehead atoms. The molecule has 6 rings (SSSR count). The van der Waals surface area contributed by atoms with Crippen molar-refractivity contribution in [1.29, 1.82) is 0 Å². The van der Waals surface area contributed by atoms with Gasteiger partial charge in [-0.05, 0) is 112 Å². The van der Waals surface area contributed by atoms with Crippen molar-refractivity contribution < 1.29 is 52.1 Å². The summed E-state index contributed by atoms with van der Waals surface area (Å²) in [6, 6.07) is 14.1. The van der Waals surface area contributed by atoms with Gasteiger partial charge in [0.05, 0.1) is 6.04 Å². The van der Waals surface area contributed by atoms with E-state index in [1.54, 1.807) is 24.3 Å². The Kier molecular flexibility index (Phi) is 15.5. The summed E-state index contributed by atoms with van der Waals surface area (Å²) in [5.41, 5.74) is 3.05. The average Bonchev–Trinajstić information content (AvgIpc) is 3.78. The highest BCUT2D eigenvalue weighted by atomic mass is 19.4. The fraction of sp³-hybridized carbons (Fsp3) is 0.476. The van der Waals surface area contributed by atoms with Crippen molar-refractivity contribution in [1.82, 2.24) is 46.8 Å². The number of allylic oxidation sites excluding steroid dienone is 2. The standard InChI is InChI=1S/C40H52N10O6.C2HF3O2/c1-39(2,3)56-37(53)43-23-26-5-9-28(10-6-26)35(51)45-31(36(52)44-30-15-11-27(12-16-30)34-46-48-49-47-34)21-25-7-13-29(14-8-25)40(4)17-18-41-32(22-40)33-24-50(38(54)55)20-19-42-33;3-2(4,5)1(6)7/h7-8,11-18,22,26,28,31,33,41-42H,5-6,9-10,19-21,23-24H2,1-4H3,(H,43,53)(H,44,52)(H,45,51)(H,54,55)(H,46,47,48,49);(H,6,7)/t26?,28?,31-,33?,40?;/m0./s1. The van der Waals surface area contributed by atoms with E-state index in [-0.39, 0.29) is 36.1 Å². The molecule has 8 N–H and O–H groups in total. The summed E-state index contributed by atoms with van der Waals surface area (Å²) in [5, 5.41) is 46.3. The summed E-state index contributed by atoms with van der Waals surface area (Å²) >= 11 is 0. The van der Waals surface area contributed by atoms with Gasteiger partial charge in [0.2, 0.25) is 17.6 Å². The van der Waals surface area contributed by atoms with Crippen molar-refractivity contribution in [3.8, 4) is 11.4 Å². The van der Waals surface area contributed by atoms with Crippen LogP contribution in [-0.4, -0.2) is 116 Å². The molecule has 4 amide bonds. The van der Waals surface area contributed by atoms with Gasteiger partial charge >= 0.3 is 24.3 Å². The van der Waals surface area contributed by atoms with Gasteiger partial charge in [-0.15, -0.1) is 10.2 Å². The monoisotopic (exact) mass is 882 g/mol. The predicted molar refractivity (Wildman–Crippen MR) is 223 cm³/mol. The molecule has 63 heavy (non-hydrogen) atoms. The van der Waals surface area contributed by atoms with Crippen LogP contribution in [0, 0.1) is 11.8 Å². The quantitative estimate of drug-likeness (QED) is 0.130. The van der Waals surface area contributed by atoms with Crippen LogP contribution in [0.1, 0.15) is 64.5 Å². The number of tetrazole rings is 1. The molecule has 2 unspecified atom stereocenters. The second-order valence-electron chi connectivity index (χ2n) is 16.8. The number of piperazine rings is 1. The molecule has 0 radical (unpaired) electrons. The zero-order valence-corrected chi connectivity index (χ0v) is 35.3. The number of amides is 4. The number of nitrogens with zero attached hydrogens (tertiary/aromatic N) is 4. The molecule has 21 heteroatoms. The van der Waals surface area contributed by atoms with Gasteiger partial charge in [0.25, 0.3) is 0 Å². The molecule has 1 saturated heterocycles. The first-order chi connectivity index (χ1) is 29.7. The molecule has 1 saturated carbocycles. The van der Waals surface area contributed by atoms with E-state index in [0.29, 0.717) is 50.5 Å². The topological polar surface area (TPSA) is 253 Å². The molecule has 1 aromatic heterocycles. The van der Waals surface area contributed by atoms with Crippen LogP contribution >= 0.6 is 0 Å². The molecule has 2 aliphatic heterocycles. The SMILES string of the molecule is CC(C)(C)OC(=O)NCC1CCC(C(=O)N[C@@H](Cc2ccc(C3(C)C=CNC(C4CN(C(=O)O)CCN4)=C3)cc2)C(=O)Nc2ccc(-c3nn[nH]n3)cc2)CC1.O=C(O)C(F)(F)F. The van der Waals surface area contributed by atoms with E-state index in [1.165, 1.54) is 4.90 Å². The number of alkyl halides is 3. The number of anilines is 1. The lowest BCUT2D eigenvalue weighted by atomic mass is 9.79. The molecule has 2 aromatic carbocycles. The average molecular weight is 883 g/mol. The smallest absolute Gasteiger partial charge is 0.475 e. The van der Waals surface area contributed by atoms with Gasteiger partial charge in [-0.1, -0.05) is 30.3 Å². The Morgan fingerprint density at radius 2 is 1.65 bits per heavy atom. The summed E-state index contributed by atoms with van der Waals surface area (Å²) < 4.78 is 37.1. The van der Waals surface area contributed by atoms with Crippen LogP contribution in [0.25, 0.3) is 11.4 Å². The van der Waals surface area contributed by atoms with Gasteiger partial charge in [0, 0.05) is 60.9 Å². The molecule has 3 atom stereocenters. The molecule has 1 aliphatic carbocycles. The van der Waals surface area contributed by atoms with Crippen LogP contribution in [0.3, 0.4) is 0 Å². The summed E-state index contributed by atoms with van der Waals surface area (Å²) in [6.07, 6.45) is 2.71. The first kappa shape index (κ1) is 47.5. The summed E-state index contributed by atoms with van der Waals surface area (Å²) in [4.78, 5) is 61.7. The number of carboxylic acids is 1. The first-order valence-corrected chi connectivity index (χ1v) is 20.4. The van der Waals surface area contributed by atoms with E-state index in [4.69, 9.17) is 14.6 Å². The molecule has 18 nitrogen and oxygen atoms in total. The largest absolute Gasteiger partial charge is 0.490 e. The second kappa shape index (κ2) is 20.6. The number of hydrogen-bond acceptors (Lipinski definition) is 11. The van der Waals surface area contributed by atoms with E-state index >= 15 is 0 Å². The Hall–Kier alpha value is -6.51. The van der Waals surface area contributed by atoms with Crippen LogP contribution in [0.2, 0.25) is 0 Å². The summed E-state index contributed by atoms with van der Waals surface area (Å²) in [5.74, 6) is -2.86. The lowest BCUT2D eigenvalue weighted by Crippen LogP contribution is -2.54. The van der Waals surface area contributed by atoms with Crippen molar-refractivity contribution in [3.63, 3.8) is 0 Å². The maximum Gasteiger partial charge on any atom is 0.490 e. The summed E-state index contributed by atoms with van der Waals surface area (Å²) in [6.45, 7) is 9.41. The highest BCUT2D eigenvalue weighted by Crippen LogP contribution is 2.32. The number of benzene rings is 2. The Morgan fingerprint density at radius 1 is 0.984 bits per heavy atom. The maximum atomic E-state index is 13.9. The van der Waals surface area contributed by atoms with Gasteiger partial charge in [-0.3, -0.25) is 9.59 Å². The van der Waals surface area contributed by atoms with Gasteiger partial charge in [0.1, 0.15) is 11.6 Å². The zero-order valence-electron chi connectivity index (χ0n) is 35.3. The molecule has 340 valence electrons. The van der Waals surface area contributed by atoms with Crippen LogP contribution in [0.4, 0.5) is 28.4 Å². The van der Waals surface area contributed by atoms with Crippen LogP contribution < -0.4 is 26.6 Å². The number of carbonyl (C=O) groups excluding carboxylic acids is 3. The molecular weight excluding hydrogens is 830 g/mol. The fourth-order valence-electron chi connectivity index (χ4n) is 7.36. The lowest BCUT2D eigenvalue weighted by molar-refractivity contribution is -0.192. The first-order valence-electron chi connectivity index (χ1n) is 20.4. The number of H-pyrrole nitrogens is 1. The second-order valence-corrected chi connectivity index (χ2v) is 16.8. The minimum absolute atomic E-state index is 0.162. The van der Waals surface area contributed by atoms with Crippen molar-refractivity contribution in [2.24, 2.45) is 11.8 Å². The van der Waals surface area contributed by atoms with Crippen molar-refractivity contribution in [2.75, 3.05) is 31.5 Å². The number of hydrogen-bond donors (Lipinski definition) is 8. The van der Waals surface area contributed by atoms with Crippen molar-refractivity contribution in [2.45, 2.75) is 89.1 Å². The Morgan fingerprint density at radius 3 is 2.24 bits per heavy atom. The van der Waals surface area contributed by atoms with Gasteiger partial charge in [-0.25, -0.2) is 14.4 Å². The highest BCUT2D eigenvalue weighted by Gasteiger charge is 2.38. The normalized spacial score (nSPS) is 21.6. The Bertz CT molecular complexity index is 2120. The highest BCUT2D eigenvalue weighted by molar-refractivity contribution is 5.97. The van der Waals surface area contributed by atoms with E-state index in [0.717, 1.165) is 35.2 Å². The van der Waals surface area contributed by atoms with Gasteiger partial charge in [-0.2, -0.15) is 18.4 Å². The number of aromatic nitrogens is 4. The lowest BCUT2D eigenvalue weighted by Gasteiger charge is -2.36. The van der Waals surface area contributed by atoms with Crippen molar-refractivity contribution >= 4 is 35.7 Å². The molecule has 3 aliphatic rings. The number of dihydropyridines is 1. The molecule has 3 heterocycles. The van der Waals surface area contributed by atoms with Crippen LogP contribution in [0.15, 0.2) is 72.6 Å². The number of carboxylic acid groups (broad SMARTS) is 2. The van der Waals surface area contributed by atoms with Crippen LogP contribution in [0.5, 0.6) is 0 Å². The van der Waals surface area contributed by atoms with E-state index in [9.17, 15) is 37.5 Å². The van der Waals surface area contributed by atoms with Gasteiger partial charge < -0.3 is 46.4 Å². The third-order valence-electron chi connectivity index (χ3n) is 10.8. The summed E-state index contributed by atoms with van der Waals surface area (Å²) in [7, 11) is 0. The van der Waals surface area contributed by atoms with E-state index in [2.05, 4.69) is 66.3 Å². The van der Waals surface area contributed by atoms with E-state index in [1.807, 2.05) is 51.2 Å². The molecule has 3 aromatic rings. The maximum absolute atomic E-state index is 13.9. The number of rotatable bonds is 11.